The lowest BCUT2D eigenvalue weighted by Crippen LogP contribution is -2.53. The first kappa shape index (κ1) is 19.2. The van der Waals surface area contributed by atoms with E-state index in [2.05, 4.69) is 24.5 Å². The molecule has 0 aliphatic carbocycles. The molecule has 0 radical (unpaired) electrons. The van der Waals surface area contributed by atoms with Gasteiger partial charge in [-0.15, -0.1) is 0 Å². The van der Waals surface area contributed by atoms with E-state index in [-0.39, 0.29) is 23.9 Å². The van der Waals surface area contributed by atoms with Crippen molar-refractivity contribution in [2.75, 3.05) is 40.3 Å². The van der Waals surface area contributed by atoms with Gasteiger partial charge in [-0.1, -0.05) is 13.8 Å². The lowest BCUT2D eigenvalue weighted by molar-refractivity contribution is -0.139. The average molecular weight is 338 g/mol. The fraction of sp³-hybridized carbons (Fsp3) is 0.889. The third kappa shape index (κ3) is 4.93. The van der Waals surface area contributed by atoms with Gasteiger partial charge < -0.3 is 15.5 Å². The van der Waals surface area contributed by atoms with E-state index in [1.54, 1.807) is 0 Å². The van der Waals surface area contributed by atoms with Crippen LogP contribution in [-0.4, -0.2) is 74.0 Å². The summed E-state index contributed by atoms with van der Waals surface area (Å²) in [6.07, 6.45) is 4.10. The van der Waals surface area contributed by atoms with Gasteiger partial charge in [-0.2, -0.15) is 0 Å². The van der Waals surface area contributed by atoms with Crippen LogP contribution in [0.25, 0.3) is 0 Å². The van der Waals surface area contributed by atoms with E-state index in [1.807, 2.05) is 23.9 Å². The van der Waals surface area contributed by atoms with Gasteiger partial charge in [-0.25, -0.2) is 0 Å². The molecule has 24 heavy (non-hydrogen) atoms. The molecule has 2 fully saturated rings. The van der Waals surface area contributed by atoms with Crippen molar-refractivity contribution in [2.45, 2.75) is 51.6 Å². The molecule has 0 aromatic heterocycles. The number of nitrogens with one attached hydrogen (secondary N) is 2. The zero-order chi connectivity index (χ0) is 17.7. The molecular weight excluding hydrogens is 304 g/mol. The average Bonchev–Trinajstić information content (AvgIpc) is 3.06. The maximum absolute atomic E-state index is 12.9. The van der Waals surface area contributed by atoms with Crippen LogP contribution in [0, 0.1) is 11.8 Å². The Hall–Kier alpha value is -1.14. The highest BCUT2D eigenvalue weighted by Crippen LogP contribution is 2.20. The quantitative estimate of drug-likeness (QED) is 0.747. The highest BCUT2D eigenvalue weighted by molar-refractivity contribution is 5.82. The molecule has 6 nitrogen and oxygen atoms in total. The number of hydrogen-bond acceptors (Lipinski definition) is 4. The van der Waals surface area contributed by atoms with E-state index in [9.17, 15) is 9.59 Å². The fourth-order valence-electron chi connectivity index (χ4n) is 4.00. The Balaban J connectivity index is 1.84. The van der Waals surface area contributed by atoms with Crippen LogP contribution in [0.2, 0.25) is 0 Å². The SMILES string of the molecule is CC(C)C(C(=O)N1CCCC(CNC(=O)C2CCCN2)C1)N(C)C. The number of piperidine rings is 1. The molecule has 3 unspecified atom stereocenters. The molecule has 2 saturated heterocycles. The minimum atomic E-state index is -0.0685. The van der Waals surface area contributed by atoms with Gasteiger partial charge >= 0.3 is 0 Å². The Morgan fingerprint density at radius 2 is 2.00 bits per heavy atom. The first-order valence-corrected chi connectivity index (χ1v) is 9.36. The van der Waals surface area contributed by atoms with Crippen LogP contribution in [0.15, 0.2) is 0 Å². The van der Waals surface area contributed by atoms with E-state index in [1.165, 1.54) is 0 Å². The molecule has 2 N–H and O–H groups in total. The minimum Gasteiger partial charge on any atom is -0.354 e. The molecule has 0 aromatic rings. The van der Waals surface area contributed by atoms with Gasteiger partial charge in [0.05, 0.1) is 12.1 Å². The Labute approximate surface area is 146 Å². The third-order valence-electron chi connectivity index (χ3n) is 5.21. The highest BCUT2D eigenvalue weighted by atomic mass is 16.2. The Morgan fingerprint density at radius 3 is 2.58 bits per heavy atom. The summed E-state index contributed by atoms with van der Waals surface area (Å²) in [6.45, 7) is 7.40. The van der Waals surface area contributed by atoms with Crippen LogP contribution < -0.4 is 10.6 Å². The lowest BCUT2D eigenvalue weighted by atomic mass is 9.95. The highest BCUT2D eigenvalue weighted by Gasteiger charge is 2.32. The standard InChI is InChI=1S/C18H34N4O2/c1-13(2)16(21(3)4)18(24)22-10-6-7-14(12-22)11-20-17(23)15-8-5-9-19-15/h13-16,19H,5-12H2,1-4H3,(H,20,23). The topological polar surface area (TPSA) is 64.7 Å². The van der Waals surface area contributed by atoms with E-state index in [0.717, 1.165) is 45.3 Å². The van der Waals surface area contributed by atoms with Gasteiger partial charge in [-0.3, -0.25) is 14.5 Å². The summed E-state index contributed by atoms with van der Waals surface area (Å²) >= 11 is 0. The lowest BCUT2D eigenvalue weighted by Gasteiger charge is -2.38. The first-order valence-electron chi connectivity index (χ1n) is 9.36. The van der Waals surface area contributed by atoms with Crippen molar-refractivity contribution in [3.05, 3.63) is 0 Å². The number of carbonyl (C=O) groups is 2. The summed E-state index contributed by atoms with van der Waals surface area (Å²) < 4.78 is 0. The van der Waals surface area contributed by atoms with Gasteiger partial charge in [0.2, 0.25) is 11.8 Å². The zero-order valence-electron chi connectivity index (χ0n) is 15.7. The van der Waals surface area contributed by atoms with Gasteiger partial charge in [-0.05, 0) is 58.2 Å². The van der Waals surface area contributed by atoms with Crippen molar-refractivity contribution in [3.8, 4) is 0 Å². The molecule has 2 aliphatic rings. The van der Waals surface area contributed by atoms with Gasteiger partial charge in [0.1, 0.15) is 0 Å². The maximum Gasteiger partial charge on any atom is 0.240 e. The fourth-order valence-corrected chi connectivity index (χ4v) is 4.00. The van der Waals surface area contributed by atoms with Crippen molar-refractivity contribution in [3.63, 3.8) is 0 Å². The summed E-state index contributed by atoms with van der Waals surface area (Å²) in [7, 11) is 3.94. The molecule has 2 aliphatic heterocycles. The number of rotatable bonds is 6. The Morgan fingerprint density at radius 1 is 1.25 bits per heavy atom. The smallest absolute Gasteiger partial charge is 0.240 e. The van der Waals surface area contributed by atoms with Crippen LogP contribution in [0.3, 0.4) is 0 Å². The second-order valence-electron chi connectivity index (χ2n) is 7.84. The number of hydrogen-bond donors (Lipinski definition) is 2. The third-order valence-corrected chi connectivity index (χ3v) is 5.21. The molecule has 138 valence electrons. The molecule has 0 spiro atoms. The first-order chi connectivity index (χ1) is 11.4. The van der Waals surface area contributed by atoms with Crippen molar-refractivity contribution >= 4 is 11.8 Å². The zero-order valence-corrected chi connectivity index (χ0v) is 15.7. The monoisotopic (exact) mass is 338 g/mol. The van der Waals surface area contributed by atoms with Crippen molar-refractivity contribution < 1.29 is 9.59 Å². The van der Waals surface area contributed by atoms with Crippen LogP contribution in [0.1, 0.15) is 39.5 Å². The van der Waals surface area contributed by atoms with E-state index in [4.69, 9.17) is 0 Å². The number of likely N-dealkylation sites (tertiary alicyclic amines) is 1. The van der Waals surface area contributed by atoms with Crippen LogP contribution in [0.5, 0.6) is 0 Å². The second kappa shape index (κ2) is 8.81. The maximum atomic E-state index is 12.9. The van der Waals surface area contributed by atoms with Gasteiger partial charge in [0.25, 0.3) is 0 Å². The molecular formula is C18H34N4O2. The Bertz CT molecular complexity index is 425. The number of carbonyl (C=O) groups excluding carboxylic acids is 2. The van der Waals surface area contributed by atoms with Crippen LogP contribution >= 0.6 is 0 Å². The number of nitrogens with zero attached hydrogens (tertiary/aromatic N) is 2. The summed E-state index contributed by atoms with van der Waals surface area (Å²) in [6, 6.07) is -0.0913. The van der Waals surface area contributed by atoms with Gasteiger partial charge in [0, 0.05) is 19.6 Å². The number of likely N-dealkylation sites (N-methyl/N-ethyl adjacent to an activating group) is 1. The Kier molecular flexibility index (Phi) is 7.04. The minimum absolute atomic E-state index is 0.0228. The van der Waals surface area contributed by atoms with E-state index < -0.39 is 0 Å². The van der Waals surface area contributed by atoms with Crippen LogP contribution in [-0.2, 0) is 9.59 Å². The summed E-state index contributed by atoms with van der Waals surface area (Å²) in [5.74, 6) is 0.997. The molecule has 0 aromatic carbocycles. The van der Waals surface area contributed by atoms with E-state index in [0.29, 0.717) is 18.4 Å². The van der Waals surface area contributed by atoms with Crippen molar-refractivity contribution in [2.24, 2.45) is 11.8 Å². The summed E-state index contributed by atoms with van der Waals surface area (Å²) in [5.41, 5.74) is 0. The number of amides is 2. The summed E-state index contributed by atoms with van der Waals surface area (Å²) in [5, 5.41) is 6.31. The largest absolute Gasteiger partial charge is 0.354 e. The van der Waals surface area contributed by atoms with Crippen LogP contribution in [0.4, 0.5) is 0 Å². The molecule has 0 bridgehead atoms. The summed E-state index contributed by atoms with van der Waals surface area (Å²) in [4.78, 5) is 29.0. The molecule has 3 atom stereocenters. The normalized spacial score (nSPS) is 26.0. The predicted molar refractivity (Wildman–Crippen MR) is 95.7 cm³/mol. The molecule has 2 amide bonds. The van der Waals surface area contributed by atoms with E-state index >= 15 is 0 Å². The molecule has 2 rings (SSSR count). The van der Waals surface area contributed by atoms with Gasteiger partial charge in [0.15, 0.2) is 0 Å². The second-order valence-corrected chi connectivity index (χ2v) is 7.84. The molecule has 6 heteroatoms. The molecule has 0 saturated carbocycles. The van der Waals surface area contributed by atoms with Crippen molar-refractivity contribution in [1.82, 2.24) is 20.4 Å². The molecule has 2 heterocycles. The predicted octanol–water partition coefficient (Wildman–Crippen LogP) is 0.679. The van der Waals surface area contributed by atoms with Crippen molar-refractivity contribution in [1.29, 1.82) is 0 Å².